The van der Waals surface area contributed by atoms with Gasteiger partial charge in [0.2, 0.25) is 0 Å². The third-order valence-corrected chi connectivity index (χ3v) is 5.56. The highest BCUT2D eigenvalue weighted by Crippen LogP contribution is 2.13. The summed E-state index contributed by atoms with van der Waals surface area (Å²) in [5.41, 5.74) is 0. The summed E-state index contributed by atoms with van der Waals surface area (Å²) >= 11 is 0. The lowest BCUT2D eigenvalue weighted by atomic mass is 10.0. The zero-order valence-corrected chi connectivity index (χ0v) is 22.3. The van der Waals surface area contributed by atoms with Crippen LogP contribution in [0.2, 0.25) is 0 Å². The highest BCUT2D eigenvalue weighted by molar-refractivity contribution is 5.66. The quantitative estimate of drug-likeness (QED) is 0.148. The van der Waals surface area contributed by atoms with Gasteiger partial charge in [-0.3, -0.25) is 9.69 Å². The van der Waals surface area contributed by atoms with E-state index in [0.29, 0.717) is 26.1 Å². The second kappa shape index (κ2) is 25.9. The fraction of sp³-hybridized carbons (Fsp3) is 0.963. The summed E-state index contributed by atoms with van der Waals surface area (Å²) in [5.74, 6) is -0.653. The number of carbonyl (C=O) groups is 1. The number of aliphatic hydroxyl groups is 3. The molecule has 0 saturated heterocycles. The van der Waals surface area contributed by atoms with Gasteiger partial charge in [0, 0.05) is 26.1 Å². The second-order valence-electron chi connectivity index (χ2n) is 9.86. The maximum Gasteiger partial charge on any atom is 0.303 e. The minimum absolute atomic E-state index is 0.345. The van der Waals surface area contributed by atoms with E-state index >= 15 is 0 Å². The summed E-state index contributed by atoms with van der Waals surface area (Å²) in [7, 11) is 0. The van der Waals surface area contributed by atoms with Crippen LogP contribution in [0, 0.1) is 0 Å². The Bertz CT molecular complexity index is 378. The first-order chi connectivity index (χ1) is 15.7. The van der Waals surface area contributed by atoms with Crippen molar-refractivity contribution in [1.29, 1.82) is 0 Å². The number of aliphatic carboxylic acids is 1. The molecular weight excluding hydrogens is 418 g/mol. The Hall–Kier alpha value is -0.690. The molecule has 0 heterocycles. The van der Waals surface area contributed by atoms with Crippen LogP contribution in [0.15, 0.2) is 0 Å². The Kier molecular flexibility index (Phi) is 27.1. The number of carboxylic acid groups (broad SMARTS) is 1. The highest BCUT2D eigenvalue weighted by atomic mass is 16.4. The summed E-state index contributed by atoms with van der Waals surface area (Å²) in [6, 6.07) is 0. The Morgan fingerprint density at radius 1 is 0.576 bits per heavy atom. The van der Waals surface area contributed by atoms with E-state index in [1.54, 1.807) is 20.8 Å². The molecule has 0 aliphatic carbocycles. The van der Waals surface area contributed by atoms with Gasteiger partial charge in [0.05, 0.1) is 18.3 Å². The Balaban J connectivity index is 0. The number of hydrogen-bond acceptors (Lipinski definition) is 5. The molecule has 0 aliphatic rings. The van der Waals surface area contributed by atoms with Crippen LogP contribution in [-0.2, 0) is 4.79 Å². The molecule has 0 aliphatic heterocycles. The van der Waals surface area contributed by atoms with Crippen LogP contribution in [0.4, 0.5) is 0 Å². The zero-order chi connectivity index (χ0) is 25.3. The van der Waals surface area contributed by atoms with Crippen molar-refractivity contribution in [2.24, 2.45) is 0 Å². The van der Waals surface area contributed by atoms with Gasteiger partial charge in [-0.25, -0.2) is 0 Å². The first-order valence-electron chi connectivity index (χ1n) is 13.7. The molecule has 3 atom stereocenters. The van der Waals surface area contributed by atoms with Crippen molar-refractivity contribution >= 4 is 5.97 Å². The van der Waals surface area contributed by atoms with Gasteiger partial charge in [-0.1, -0.05) is 96.8 Å². The summed E-state index contributed by atoms with van der Waals surface area (Å²) in [5, 5.41) is 35.9. The van der Waals surface area contributed by atoms with Crippen LogP contribution in [0.1, 0.15) is 130 Å². The second-order valence-corrected chi connectivity index (χ2v) is 9.86. The van der Waals surface area contributed by atoms with E-state index in [2.05, 4.69) is 6.92 Å². The standard InChI is InChI=1S/C18H36O2.C9H21NO3/c1-2-3-4-5-6-7-8-9-10-11-12-13-14-15-16-17-18(19)20;1-7(11)4-10(5-8(2)12)6-9(3)13/h2-17H2,1H3,(H,19,20);7-9,11-13H,4-6H2,1-3H3. The van der Waals surface area contributed by atoms with E-state index in [9.17, 15) is 4.79 Å². The van der Waals surface area contributed by atoms with Gasteiger partial charge in [0.1, 0.15) is 0 Å². The van der Waals surface area contributed by atoms with E-state index in [4.69, 9.17) is 20.4 Å². The van der Waals surface area contributed by atoms with Crippen LogP contribution < -0.4 is 0 Å². The zero-order valence-electron chi connectivity index (χ0n) is 22.3. The molecule has 200 valence electrons. The highest BCUT2D eigenvalue weighted by Gasteiger charge is 2.12. The molecule has 0 bridgehead atoms. The molecule has 3 unspecified atom stereocenters. The first-order valence-corrected chi connectivity index (χ1v) is 13.7. The Morgan fingerprint density at radius 2 is 0.848 bits per heavy atom. The van der Waals surface area contributed by atoms with E-state index < -0.39 is 24.3 Å². The van der Waals surface area contributed by atoms with Crippen LogP contribution >= 0.6 is 0 Å². The molecule has 0 radical (unpaired) electrons. The molecule has 0 fully saturated rings. The Morgan fingerprint density at radius 3 is 1.09 bits per heavy atom. The summed E-state index contributed by atoms with van der Waals surface area (Å²) < 4.78 is 0. The third kappa shape index (κ3) is 33.6. The molecule has 0 aromatic carbocycles. The van der Waals surface area contributed by atoms with Crippen molar-refractivity contribution in [1.82, 2.24) is 4.90 Å². The van der Waals surface area contributed by atoms with Crippen LogP contribution in [0.3, 0.4) is 0 Å². The van der Waals surface area contributed by atoms with Crippen LogP contribution in [0.25, 0.3) is 0 Å². The fourth-order valence-corrected chi connectivity index (χ4v) is 3.99. The lowest BCUT2D eigenvalue weighted by Crippen LogP contribution is -2.40. The SMILES string of the molecule is CC(O)CN(CC(C)O)CC(C)O.CCCCCCCCCCCCCCCCCC(=O)O. The molecule has 0 saturated carbocycles. The van der Waals surface area contributed by atoms with E-state index in [0.717, 1.165) is 12.8 Å². The maximum absolute atomic E-state index is 10.3. The van der Waals surface area contributed by atoms with Crippen LogP contribution in [0.5, 0.6) is 0 Å². The molecular formula is C27H57NO5. The van der Waals surface area contributed by atoms with Gasteiger partial charge in [0.15, 0.2) is 0 Å². The van der Waals surface area contributed by atoms with Crippen molar-refractivity contribution in [3.63, 3.8) is 0 Å². The smallest absolute Gasteiger partial charge is 0.303 e. The fourth-order valence-electron chi connectivity index (χ4n) is 3.99. The average molecular weight is 476 g/mol. The van der Waals surface area contributed by atoms with Crippen LogP contribution in [-0.4, -0.2) is 69.2 Å². The van der Waals surface area contributed by atoms with Crippen molar-refractivity contribution in [3.8, 4) is 0 Å². The summed E-state index contributed by atoms with van der Waals surface area (Å²) in [6.45, 7) is 8.79. The largest absolute Gasteiger partial charge is 0.481 e. The first kappa shape index (κ1) is 34.5. The lowest BCUT2D eigenvalue weighted by molar-refractivity contribution is -0.137. The number of hydrogen-bond donors (Lipinski definition) is 4. The van der Waals surface area contributed by atoms with Gasteiger partial charge >= 0.3 is 5.97 Å². The van der Waals surface area contributed by atoms with Gasteiger partial charge in [-0.2, -0.15) is 0 Å². The molecule has 6 nitrogen and oxygen atoms in total. The van der Waals surface area contributed by atoms with Crippen molar-refractivity contribution in [2.75, 3.05) is 19.6 Å². The molecule has 33 heavy (non-hydrogen) atoms. The Labute approximate surface area is 204 Å². The maximum atomic E-state index is 10.3. The molecule has 0 rings (SSSR count). The van der Waals surface area contributed by atoms with Gasteiger partial charge < -0.3 is 20.4 Å². The summed E-state index contributed by atoms with van der Waals surface area (Å²) in [6.07, 6.45) is 18.9. The van der Waals surface area contributed by atoms with Gasteiger partial charge in [-0.05, 0) is 27.2 Å². The summed E-state index contributed by atoms with van der Waals surface area (Å²) in [4.78, 5) is 12.2. The van der Waals surface area contributed by atoms with Crippen molar-refractivity contribution < 1.29 is 25.2 Å². The number of aliphatic hydroxyl groups excluding tert-OH is 3. The minimum Gasteiger partial charge on any atom is -0.481 e. The number of nitrogens with zero attached hydrogens (tertiary/aromatic N) is 1. The van der Waals surface area contributed by atoms with E-state index in [1.807, 2.05) is 4.90 Å². The van der Waals surface area contributed by atoms with Gasteiger partial charge in [-0.15, -0.1) is 0 Å². The molecule has 0 aromatic rings. The van der Waals surface area contributed by atoms with Crippen molar-refractivity contribution in [3.05, 3.63) is 0 Å². The van der Waals surface area contributed by atoms with Crippen molar-refractivity contribution in [2.45, 2.75) is 149 Å². The lowest BCUT2D eigenvalue weighted by Gasteiger charge is -2.25. The average Bonchev–Trinajstić information content (AvgIpc) is 2.69. The number of unbranched alkanes of at least 4 members (excludes halogenated alkanes) is 14. The number of carboxylic acids is 1. The molecule has 4 N–H and O–H groups in total. The molecule has 6 heteroatoms. The van der Waals surface area contributed by atoms with E-state index in [-0.39, 0.29) is 0 Å². The normalized spacial score (nSPS) is 13.9. The monoisotopic (exact) mass is 475 g/mol. The number of rotatable bonds is 22. The minimum atomic E-state index is -0.653. The molecule has 0 aromatic heterocycles. The molecule has 0 amide bonds. The predicted molar refractivity (Wildman–Crippen MR) is 139 cm³/mol. The topological polar surface area (TPSA) is 101 Å². The third-order valence-electron chi connectivity index (χ3n) is 5.56. The predicted octanol–water partition coefficient (Wildman–Crippen LogP) is 5.76. The molecule has 0 spiro atoms. The van der Waals surface area contributed by atoms with Gasteiger partial charge in [0.25, 0.3) is 0 Å². The van der Waals surface area contributed by atoms with E-state index in [1.165, 1.54) is 83.5 Å².